The number of hydrogen-bond donors (Lipinski definition) is 2. The predicted octanol–water partition coefficient (Wildman–Crippen LogP) is 2.34. The van der Waals surface area contributed by atoms with Gasteiger partial charge >= 0.3 is 0 Å². The molecule has 20 heavy (non-hydrogen) atoms. The monoisotopic (exact) mass is 271 g/mol. The van der Waals surface area contributed by atoms with Crippen LogP contribution in [0.4, 0.5) is 5.69 Å². The number of amides is 1. The van der Waals surface area contributed by atoms with Crippen LogP contribution in [0.3, 0.4) is 0 Å². The van der Waals surface area contributed by atoms with E-state index in [2.05, 4.69) is 15.6 Å². The van der Waals surface area contributed by atoms with E-state index in [0.717, 1.165) is 36.4 Å². The second-order valence-corrected chi connectivity index (χ2v) is 5.00. The van der Waals surface area contributed by atoms with Crippen molar-refractivity contribution < 1.29 is 9.21 Å². The fraction of sp³-hybridized carbons (Fsp3) is 0.333. The first-order valence-electron chi connectivity index (χ1n) is 6.79. The van der Waals surface area contributed by atoms with Gasteiger partial charge in [-0.05, 0) is 44.5 Å². The number of nitrogens with one attached hydrogen (secondary N) is 2. The first kappa shape index (κ1) is 12.9. The third-order valence-corrected chi connectivity index (χ3v) is 3.38. The first-order chi connectivity index (χ1) is 9.72. The molecule has 104 valence electrons. The third-order valence-electron chi connectivity index (χ3n) is 3.38. The van der Waals surface area contributed by atoms with Gasteiger partial charge in [-0.2, -0.15) is 0 Å². The lowest BCUT2D eigenvalue weighted by molar-refractivity contribution is -0.117. The summed E-state index contributed by atoms with van der Waals surface area (Å²) in [5.41, 5.74) is 1.62. The molecule has 0 spiro atoms. The highest BCUT2D eigenvalue weighted by Crippen LogP contribution is 2.22. The highest BCUT2D eigenvalue weighted by atomic mass is 16.4. The van der Waals surface area contributed by atoms with Crippen molar-refractivity contribution in [1.29, 1.82) is 0 Å². The van der Waals surface area contributed by atoms with Gasteiger partial charge in [-0.1, -0.05) is 6.07 Å². The molecule has 0 radical (unpaired) electrons. The Balaban J connectivity index is 1.75. The Labute approximate surface area is 117 Å². The summed E-state index contributed by atoms with van der Waals surface area (Å²) in [6, 6.07) is 7.45. The lowest BCUT2D eigenvalue weighted by Crippen LogP contribution is -2.35. The van der Waals surface area contributed by atoms with E-state index in [9.17, 15) is 4.79 Å². The normalized spacial score (nSPS) is 18.1. The van der Waals surface area contributed by atoms with Crippen LogP contribution in [0.2, 0.25) is 0 Å². The zero-order valence-electron chi connectivity index (χ0n) is 11.3. The number of aryl methyl sites for hydroxylation is 1. The molecule has 5 heteroatoms. The van der Waals surface area contributed by atoms with E-state index in [-0.39, 0.29) is 11.9 Å². The van der Waals surface area contributed by atoms with Crippen LogP contribution < -0.4 is 10.6 Å². The zero-order valence-corrected chi connectivity index (χ0v) is 11.3. The van der Waals surface area contributed by atoms with Crippen molar-refractivity contribution in [2.75, 3.05) is 11.9 Å². The largest absolute Gasteiger partial charge is 0.441 e. The number of rotatable bonds is 3. The molecule has 2 N–H and O–H groups in total. The number of nitrogens with zero attached hydrogens (tertiary/aromatic N) is 1. The zero-order chi connectivity index (χ0) is 13.9. The van der Waals surface area contributed by atoms with Crippen molar-refractivity contribution in [1.82, 2.24) is 10.3 Å². The molecule has 0 bridgehead atoms. The molecule has 1 amide bonds. The summed E-state index contributed by atoms with van der Waals surface area (Å²) in [6.07, 6.45) is 3.63. The number of aromatic nitrogens is 1. The van der Waals surface area contributed by atoms with Crippen molar-refractivity contribution in [3.05, 3.63) is 36.2 Å². The molecule has 1 atom stereocenters. The second kappa shape index (κ2) is 5.46. The van der Waals surface area contributed by atoms with E-state index in [0.29, 0.717) is 5.89 Å². The lowest BCUT2D eigenvalue weighted by atomic mass is 10.1. The van der Waals surface area contributed by atoms with Gasteiger partial charge in [-0.15, -0.1) is 0 Å². The molecular formula is C15H17N3O2. The molecule has 0 saturated carbocycles. The quantitative estimate of drug-likeness (QED) is 0.899. The number of carbonyl (C=O) groups is 1. The number of anilines is 1. The van der Waals surface area contributed by atoms with Crippen LogP contribution in [-0.4, -0.2) is 23.5 Å². The van der Waals surface area contributed by atoms with Crippen molar-refractivity contribution in [3.8, 4) is 11.5 Å². The van der Waals surface area contributed by atoms with Gasteiger partial charge in [0, 0.05) is 11.3 Å². The molecule has 1 aromatic heterocycles. The predicted molar refractivity (Wildman–Crippen MR) is 76.3 cm³/mol. The molecule has 1 saturated heterocycles. The average Bonchev–Trinajstić information content (AvgIpc) is 3.10. The van der Waals surface area contributed by atoms with Gasteiger partial charge in [0.1, 0.15) is 5.76 Å². The Morgan fingerprint density at radius 3 is 3.10 bits per heavy atom. The SMILES string of the molecule is Cc1cnc(-c2cccc(NC(=O)C3CCCN3)c2)o1. The maximum atomic E-state index is 12.1. The highest BCUT2D eigenvalue weighted by molar-refractivity contribution is 5.95. The molecule has 1 aliphatic heterocycles. The molecule has 1 unspecified atom stereocenters. The van der Waals surface area contributed by atoms with Crippen LogP contribution in [0, 0.1) is 6.92 Å². The standard InChI is InChI=1S/C15H17N3O2/c1-10-9-17-15(20-10)11-4-2-5-12(8-11)18-14(19)13-6-3-7-16-13/h2,4-5,8-9,13,16H,3,6-7H2,1H3,(H,18,19). The molecule has 2 heterocycles. The van der Waals surface area contributed by atoms with Crippen molar-refractivity contribution in [2.45, 2.75) is 25.8 Å². The summed E-state index contributed by atoms with van der Waals surface area (Å²) < 4.78 is 5.49. The van der Waals surface area contributed by atoms with Crippen LogP contribution in [0.1, 0.15) is 18.6 Å². The van der Waals surface area contributed by atoms with Gasteiger partial charge in [0.05, 0.1) is 12.2 Å². The summed E-state index contributed by atoms with van der Waals surface area (Å²) in [7, 11) is 0. The molecule has 5 nitrogen and oxygen atoms in total. The number of benzene rings is 1. The molecule has 1 fully saturated rings. The van der Waals surface area contributed by atoms with Gasteiger partial charge in [0.15, 0.2) is 0 Å². The van der Waals surface area contributed by atoms with Crippen molar-refractivity contribution >= 4 is 11.6 Å². The topological polar surface area (TPSA) is 67.2 Å². The van der Waals surface area contributed by atoms with E-state index < -0.39 is 0 Å². The highest BCUT2D eigenvalue weighted by Gasteiger charge is 2.21. The summed E-state index contributed by atoms with van der Waals surface area (Å²) in [6.45, 7) is 2.77. The summed E-state index contributed by atoms with van der Waals surface area (Å²) in [4.78, 5) is 16.2. The summed E-state index contributed by atoms with van der Waals surface area (Å²) >= 11 is 0. The first-order valence-corrected chi connectivity index (χ1v) is 6.79. The molecular weight excluding hydrogens is 254 g/mol. The van der Waals surface area contributed by atoms with Gasteiger partial charge in [-0.3, -0.25) is 4.79 Å². The van der Waals surface area contributed by atoms with E-state index in [1.807, 2.05) is 31.2 Å². The van der Waals surface area contributed by atoms with Gasteiger partial charge in [0.2, 0.25) is 11.8 Å². The lowest BCUT2D eigenvalue weighted by Gasteiger charge is -2.11. The van der Waals surface area contributed by atoms with Crippen LogP contribution in [0.15, 0.2) is 34.9 Å². The van der Waals surface area contributed by atoms with Crippen molar-refractivity contribution in [2.24, 2.45) is 0 Å². The molecule has 1 aromatic carbocycles. The Morgan fingerprint density at radius 1 is 1.50 bits per heavy atom. The van der Waals surface area contributed by atoms with Crippen LogP contribution in [-0.2, 0) is 4.79 Å². The number of hydrogen-bond acceptors (Lipinski definition) is 4. The molecule has 1 aliphatic rings. The number of oxazole rings is 1. The number of carbonyl (C=O) groups excluding carboxylic acids is 1. The third kappa shape index (κ3) is 2.72. The molecule has 3 rings (SSSR count). The minimum absolute atomic E-state index is 0.0169. The average molecular weight is 271 g/mol. The summed E-state index contributed by atoms with van der Waals surface area (Å²) in [5, 5.41) is 6.11. The van der Waals surface area contributed by atoms with Gasteiger partial charge < -0.3 is 15.1 Å². The Hall–Kier alpha value is -2.14. The van der Waals surface area contributed by atoms with E-state index in [1.165, 1.54) is 0 Å². The smallest absolute Gasteiger partial charge is 0.241 e. The fourth-order valence-electron chi connectivity index (χ4n) is 2.36. The minimum Gasteiger partial charge on any atom is -0.441 e. The van der Waals surface area contributed by atoms with Crippen LogP contribution >= 0.6 is 0 Å². The van der Waals surface area contributed by atoms with Gasteiger partial charge in [0.25, 0.3) is 0 Å². The Kier molecular flexibility index (Phi) is 3.52. The second-order valence-electron chi connectivity index (χ2n) is 5.00. The molecule has 0 aliphatic carbocycles. The Bertz CT molecular complexity index is 615. The van der Waals surface area contributed by atoms with E-state index in [1.54, 1.807) is 6.20 Å². The van der Waals surface area contributed by atoms with Crippen LogP contribution in [0.25, 0.3) is 11.5 Å². The van der Waals surface area contributed by atoms with Crippen LogP contribution in [0.5, 0.6) is 0 Å². The maximum Gasteiger partial charge on any atom is 0.241 e. The fourth-order valence-corrected chi connectivity index (χ4v) is 2.36. The van der Waals surface area contributed by atoms with E-state index in [4.69, 9.17) is 4.42 Å². The van der Waals surface area contributed by atoms with Crippen molar-refractivity contribution in [3.63, 3.8) is 0 Å². The minimum atomic E-state index is -0.0809. The maximum absolute atomic E-state index is 12.1. The Morgan fingerprint density at radius 2 is 2.40 bits per heavy atom. The van der Waals surface area contributed by atoms with Gasteiger partial charge in [-0.25, -0.2) is 4.98 Å². The summed E-state index contributed by atoms with van der Waals surface area (Å²) in [5.74, 6) is 1.35. The van der Waals surface area contributed by atoms with E-state index >= 15 is 0 Å². The molecule has 2 aromatic rings.